The minimum absolute atomic E-state index is 0.0632. The molecule has 0 saturated heterocycles. The number of Topliss-reactive ketones (excluding diaryl/α,β-unsaturated/α-hetero) is 1. The number of hydrogen-bond acceptors (Lipinski definition) is 2. The Morgan fingerprint density at radius 2 is 1.61 bits per heavy atom. The Kier molecular flexibility index (Phi) is 3.60. The summed E-state index contributed by atoms with van der Waals surface area (Å²) in [4.78, 5) is 23.5. The molecule has 1 N–H and O–H groups in total. The van der Waals surface area contributed by atoms with Crippen molar-refractivity contribution in [2.75, 3.05) is 0 Å². The van der Waals surface area contributed by atoms with Crippen LogP contribution in [-0.2, 0) is 4.79 Å². The molecule has 18 heavy (non-hydrogen) atoms. The van der Waals surface area contributed by atoms with Crippen molar-refractivity contribution >= 4 is 11.8 Å². The van der Waals surface area contributed by atoms with Gasteiger partial charge in [0.05, 0.1) is 5.92 Å². The number of hydrogen-bond donors (Lipinski definition) is 1. The number of benzene rings is 1. The minimum atomic E-state index is -0.884. The van der Waals surface area contributed by atoms with Gasteiger partial charge in [-0.05, 0) is 19.8 Å². The van der Waals surface area contributed by atoms with E-state index in [1.54, 1.807) is 12.1 Å². The molecule has 0 bridgehead atoms. The smallest absolute Gasteiger partial charge is 0.307 e. The van der Waals surface area contributed by atoms with E-state index in [1.807, 2.05) is 31.2 Å². The Labute approximate surface area is 106 Å². The van der Waals surface area contributed by atoms with Crippen LogP contribution >= 0.6 is 0 Å². The van der Waals surface area contributed by atoms with Crippen LogP contribution in [0.2, 0.25) is 0 Å². The van der Waals surface area contributed by atoms with E-state index in [1.165, 1.54) is 0 Å². The van der Waals surface area contributed by atoms with Crippen molar-refractivity contribution in [2.45, 2.75) is 19.8 Å². The Morgan fingerprint density at radius 1 is 1.06 bits per heavy atom. The summed E-state index contributed by atoms with van der Waals surface area (Å²) < 4.78 is 0. The highest BCUT2D eigenvalue weighted by molar-refractivity contribution is 6.00. The second-order valence-electron chi connectivity index (χ2n) is 4.72. The topological polar surface area (TPSA) is 54.4 Å². The third kappa shape index (κ3) is 2.50. The van der Waals surface area contributed by atoms with Crippen LogP contribution in [0.25, 0.3) is 0 Å². The highest BCUT2D eigenvalue weighted by Gasteiger charge is 2.34. The van der Waals surface area contributed by atoms with Crippen molar-refractivity contribution in [2.24, 2.45) is 11.8 Å². The molecule has 0 radical (unpaired) electrons. The van der Waals surface area contributed by atoms with Crippen molar-refractivity contribution in [1.29, 1.82) is 0 Å². The zero-order valence-electron chi connectivity index (χ0n) is 10.3. The lowest BCUT2D eigenvalue weighted by Gasteiger charge is -2.23. The molecule has 0 amide bonds. The molecule has 0 spiro atoms. The van der Waals surface area contributed by atoms with Crippen LogP contribution in [0.1, 0.15) is 28.8 Å². The quantitative estimate of drug-likeness (QED) is 0.657. The highest BCUT2D eigenvalue weighted by Crippen LogP contribution is 2.29. The number of ketones is 1. The van der Waals surface area contributed by atoms with Gasteiger partial charge in [-0.2, -0.15) is 0 Å². The Bertz CT molecular complexity index is 485. The van der Waals surface area contributed by atoms with Crippen LogP contribution in [0.4, 0.5) is 0 Å². The van der Waals surface area contributed by atoms with E-state index < -0.39 is 17.8 Å². The third-order valence-corrected chi connectivity index (χ3v) is 3.42. The second-order valence-corrected chi connectivity index (χ2v) is 4.72. The lowest BCUT2D eigenvalue weighted by molar-refractivity contribution is -0.143. The van der Waals surface area contributed by atoms with Crippen LogP contribution in [0.5, 0.6) is 0 Å². The van der Waals surface area contributed by atoms with Gasteiger partial charge in [-0.1, -0.05) is 42.0 Å². The highest BCUT2D eigenvalue weighted by atomic mass is 16.4. The maximum atomic E-state index is 12.3. The van der Waals surface area contributed by atoms with Crippen molar-refractivity contribution in [3.63, 3.8) is 0 Å². The monoisotopic (exact) mass is 244 g/mol. The van der Waals surface area contributed by atoms with Crippen molar-refractivity contribution in [1.82, 2.24) is 0 Å². The van der Waals surface area contributed by atoms with Crippen LogP contribution in [0.15, 0.2) is 36.4 Å². The molecule has 0 unspecified atom stereocenters. The summed E-state index contributed by atoms with van der Waals surface area (Å²) >= 11 is 0. The molecule has 1 aliphatic rings. The predicted octanol–water partition coefficient (Wildman–Crippen LogP) is 2.84. The van der Waals surface area contributed by atoms with Gasteiger partial charge in [0, 0.05) is 11.5 Å². The van der Waals surface area contributed by atoms with Crippen LogP contribution in [0.3, 0.4) is 0 Å². The molecule has 0 aliphatic heterocycles. The number of carbonyl (C=O) groups excluding carboxylic acids is 1. The van der Waals surface area contributed by atoms with Crippen molar-refractivity contribution < 1.29 is 14.7 Å². The van der Waals surface area contributed by atoms with Gasteiger partial charge in [0.15, 0.2) is 5.78 Å². The van der Waals surface area contributed by atoms with Gasteiger partial charge >= 0.3 is 5.97 Å². The SMILES string of the molecule is Cc1ccc(C(=O)[C@@H]2CC=CC[C@H]2C(=O)O)cc1. The maximum Gasteiger partial charge on any atom is 0.307 e. The van der Waals surface area contributed by atoms with E-state index in [4.69, 9.17) is 5.11 Å². The minimum Gasteiger partial charge on any atom is -0.481 e. The number of aliphatic carboxylic acids is 1. The number of rotatable bonds is 3. The number of carboxylic acid groups (broad SMARTS) is 1. The zero-order valence-corrected chi connectivity index (χ0v) is 10.3. The lowest BCUT2D eigenvalue weighted by atomic mass is 9.78. The van der Waals surface area contributed by atoms with E-state index in [2.05, 4.69) is 0 Å². The van der Waals surface area contributed by atoms with E-state index in [9.17, 15) is 9.59 Å². The molecule has 2 atom stereocenters. The first-order valence-electron chi connectivity index (χ1n) is 6.08. The maximum absolute atomic E-state index is 12.3. The lowest BCUT2D eigenvalue weighted by Crippen LogP contribution is -2.31. The summed E-state index contributed by atoms with van der Waals surface area (Å²) in [7, 11) is 0. The fraction of sp³-hybridized carbons (Fsp3) is 0.333. The predicted molar refractivity (Wildman–Crippen MR) is 68.5 cm³/mol. The molecule has 1 aliphatic carbocycles. The molecule has 94 valence electrons. The normalized spacial score (nSPS) is 22.7. The van der Waals surface area contributed by atoms with Gasteiger partial charge in [-0.15, -0.1) is 0 Å². The third-order valence-electron chi connectivity index (χ3n) is 3.42. The Hall–Kier alpha value is -1.90. The molecule has 3 nitrogen and oxygen atoms in total. The molecule has 0 heterocycles. The number of aryl methyl sites for hydroxylation is 1. The standard InChI is InChI=1S/C15H16O3/c1-10-6-8-11(9-7-10)14(16)12-4-2-3-5-13(12)15(17)18/h2-3,6-9,12-13H,4-5H2,1H3,(H,17,18)/t12-,13-/m1/s1. The number of allylic oxidation sites excluding steroid dienone is 2. The molecule has 0 aromatic heterocycles. The first kappa shape index (κ1) is 12.6. The van der Waals surface area contributed by atoms with Crippen molar-refractivity contribution in [3.05, 3.63) is 47.5 Å². The summed E-state index contributed by atoms with van der Waals surface area (Å²) in [6, 6.07) is 7.30. The molecule has 1 aromatic rings. The molecular weight excluding hydrogens is 228 g/mol. The van der Waals surface area contributed by atoms with Gasteiger partial charge < -0.3 is 5.11 Å². The fourth-order valence-corrected chi connectivity index (χ4v) is 2.31. The Balaban J connectivity index is 2.24. The van der Waals surface area contributed by atoms with Crippen LogP contribution in [0, 0.1) is 18.8 Å². The summed E-state index contributed by atoms with van der Waals surface area (Å²) in [5, 5.41) is 9.16. The molecule has 1 aromatic carbocycles. The van der Waals surface area contributed by atoms with Gasteiger partial charge in [-0.25, -0.2) is 0 Å². The van der Waals surface area contributed by atoms with Gasteiger partial charge in [0.25, 0.3) is 0 Å². The van der Waals surface area contributed by atoms with E-state index in [0.717, 1.165) is 5.56 Å². The summed E-state index contributed by atoms with van der Waals surface area (Å²) in [5.41, 5.74) is 1.69. The molecule has 0 fully saturated rings. The summed E-state index contributed by atoms with van der Waals surface area (Å²) in [5.74, 6) is -1.98. The fourth-order valence-electron chi connectivity index (χ4n) is 2.31. The van der Waals surface area contributed by atoms with Crippen LogP contribution < -0.4 is 0 Å². The zero-order chi connectivity index (χ0) is 13.1. The molecule has 2 rings (SSSR count). The molecule has 3 heteroatoms. The summed E-state index contributed by atoms with van der Waals surface area (Å²) in [6.07, 6.45) is 4.70. The first-order valence-corrected chi connectivity index (χ1v) is 6.08. The average molecular weight is 244 g/mol. The molecule has 0 saturated carbocycles. The van der Waals surface area contributed by atoms with Gasteiger partial charge in [0.2, 0.25) is 0 Å². The number of carboxylic acids is 1. The van der Waals surface area contributed by atoms with E-state index >= 15 is 0 Å². The van der Waals surface area contributed by atoms with Gasteiger partial charge in [-0.3, -0.25) is 9.59 Å². The second kappa shape index (κ2) is 5.17. The van der Waals surface area contributed by atoms with E-state index in [-0.39, 0.29) is 5.78 Å². The molecular formula is C15H16O3. The number of carbonyl (C=O) groups is 2. The largest absolute Gasteiger partial charge is 0.481 e. The first-order chi connectivity index (χ1) is 8.59. The average Bonchev–Trinajstić information content (AvgIpc) is 2.39. The van der Waals surface area contributed by atoms with E-state index in [0.29, 0.717) is 18.4 Å². The van der Waals surface area contributed by atoms with Gasteiger partial charge in [0.1, 0.15) is 0 Å². The van der Waals surface area contributed by atoms with Crippen LogP contribution in [-0.4, -0.2) is 16.9 Å². The Morgan fingerprint density at radius 3 is 2.17 bits per heavy atom. The summed E-state index contributed by atoms with van der Waals surface area (Å²) in [6.45, 7) is 1.96. The van der Waals surface area contributed by atoms with Crippen molar-refractivity contribution in [3.8, 4) is 0 Å².